The van der Waals surface area contributed by atoms with Crippen LogP contribution in [0.5, 0.6) is 0 Å². The maximum absolute atomic E-state index is 16.3. The van der Waals surface area contributed by atoms with E-state index >= 15 is 4.11 Å². The topological polar surface area (TPSA) is 125 Å². The second kappa shape index (κ2) is 13.5. The van der Waals surface area contributed by atoms with Gasteiger partial charge in [0.2, 0.25) is 14.3 Å². The van der Waals surface area contributed by atoms with Gasteiger partial charge < -0.3 is 29.2 Å². The Morgan fingerprint density at radius 2 is 1.98 bits per heavy atom. The Morgan fingerprint density at radius 1 is 1.16 bits per heavy atom. The van der Waals surface area contributed by atoms with Crippen LogP contribution in [0.4, 0.5) is 15.5 Å². The van der Waals surface area contributed by atoms with Gasteiger partial charge in [-0.3, -0.25) is 14.3 Å². The molecule has 2 aliphatic rings. The number of hydrogen-bond donors (Lipinski definition) is 3. The number of carbonyl (C=O) groups excluding carboxylic acids is 2. The molecular formula is C37H40BrFN6O4Si. The number of benzene rings is 3. The number of aliphatic hydroxyl groups is 1. The second-order valence-electron chi connectivity index (χ2n) is 13.8. The van der Waals surface area contributed by atoms with Crippen LogP contribution in [0.2, 0.25) is 18.6 Å². The number of nitrogens with one attached hydrogen (secondary N) is 2. The second-order valence-corrected chi connectivity index (χ2v) is 18.6. The average Bonchev–Trinajstić information content (AvgIpc) is 3.82. The fourth-order valence-corrected chi connectivity index (χ4v) is 10.9. The summed E-state index contributed by atoms with van der Waals surface area (Å²) >= 11 is 3.61. The van der Waals surface area contributed by atoms with Crippen molar-refractivity contribution < 1.29 is 23.5 Å². The number of aliphatic hydroxyl groups excluding tert-OH is 1. The molecule has 10 nitrogen and oxygen atoms in total. The molecule has 1 spiro atoms. The number of halogens is 2. The third-order valence-corrected chi connectivity index (χ3v) is 13.0. The zero-order valence-electron chi connectivity index (χ0n) is 28.2. The Kier molecular flexibility index (Phi) is 9.26. The van der Waals surface area contributed by atoms with Crippen LogP contribution in [0, 0.1) is 5.92 Å². The molecule has 2 amide bonds. The lowest BCUT2D eigenvalue weighted by atomic mass is 9.82. The molecule has 7 rings (SSSR count). The fraction of sp³-hybridized carbons (Fsp3) is 0.351. The Bertz CT molecular complexity index is 2060. The van der Waals surface area contributed by atoms with Gasteiger partial charge in [-0.05, 0) is 67.0 Å². The molecule has 260 valence electrons. The van der Waals surface area contributed by atoms with E-state index in [1.165, 1.54) is 0 Å². The Hall–Kier alpha value is -4.17. The number of H-pyrrole nitrogens is 1. The number of fused-ring (bicyclic) bond motifs is 3. The molecule has 5 aromatic rings. The molecule has 13 heteroatoms. The first kappa shape index (κ1) is 34.3. The SMILES string of the molecule is C[C@H]1[C@H]([Si](C)(C)F)[C@@H](CCn2cc(CCO)nn2)O[C@]12C(=O)N(Cc1cccc(NC(=O)Cc3c[nH]c4ccccc34)c1)c1ccc(Br)cc12. The summed E-state index contributed by atoms with van der Waals surface area (Å²) in [6.45, 7) is 5.99. The number of aromatic amines is 1. The predicted molar refractivity (Wildman–Crippen MR) is 196 cm³/mol. The van der Waals surface area contributed by atoms with E-state index in [0.717, 1.165) is 37.8 Å². The highest BCUT2D eigenvalue weighted by atomic mass is 79.9. The number of aromatic nitrogens is 4. The summed E-state index contributed by atoms with van der Waals surface area (Å²) in [5.74, 6) is -0.791. The number of nitrogens with zero attached hydrogens (tertiary/aromatic N) is 4. The van der Waals surface area contributed by atoms with Crippen molar-refractivity contribution in [3.8, 4) is 0 Å². The zero-order valence-corrected chi connectivity index (χ0v) is 30.8. The fourth-order valence-electron chi connectivity index (χ4n) is 7.97. The van der Waals surface area contributed by atoms with Crippen molar-refractivity contribution in [2.45, 2.75) is 69.6 Å². The lowest BCUT2D eigenvalue weighted by Gasteiger charge is -2.31. The number of hydrogen-bond acceptors (Lipinski definition) is 6. The minimum absolute atomic E-state index is 0.0213. The monoisotopic (exact) mass is 758 g/mol. The molecule has 0 saturated carbocycles. The third kappa shape index (κ3) is 6.31. The van der Waals surface area contributed by atoms with Gasteiger partial charge in [-0.15, -0.1) is 5.10 Å². The standard InChI is InChI=1S/C37H40BrFN6O4Si/c1-23-35(50(2,3)39)33(13-15-44-22-28(14-16-46)42-43-44)49-37(23)30-19-26(38)11-12-32(30)45(36(37)48)21-24-7-6-8-27(17-24)41-34(47)18-25-20-40-31-10-5-4-9-29(25)31/h4-12,17,19-20,22-23,33,35,40,46H,13-16,18,21H2,1-3H3,(H,41,47)/t23-,33+,35-,37+/m0/s1. The molecule has 2 aromatic heterocycles. The van der Waals surface area contributed by atoms with Gasteiger partial charge in [-0.2, -0.15) is 0 Å². The van der Waals surface area contributed by atoms with Crippen LogP contribution in [0.3, 0.4) is 0 Å². The predicted octanol–water partition coefficient (Wildman–Crippen LogP) is 6.65. The highest BCUT2D eigenvalue weighted by Gasteiger charge is 2.66. The smallest absolute Gasteiger partial charge is 0.264 e. The molecule has 4 heterocycles. The van der Waals surface area contributed by atoms with Crippen LogP contribution < -0.4 is 10.2 Å². The van der Waals surface area contributed by atoms with Gasteiger partial charge in [0.15, 0.2) is 5.60 Å². The maximum Gasteiger partial charge on any atom is 0.264 e. The number of rotatable bonds is 11. The zero-order chi connectivity index (χ0) is 35.2. The summed E-state index contributed by atoms with van der Waals surface area (Å²) < 4.78 is 25.6. The van der Waals surface area contributed by atoms with Gasteiger partial charge in [0.05, 0.1) is 30.5 Å². The molecule has 4 atom stereocenters. The Balaban J connectivity index is 1.13. The van der Waals surface area contributed by atoms with Gasteiger partial charge >= 0.3 is 0 Å². The summed E-state index contributed by atoms with van der Waals surface area (Å²) in [6.07, 6.45) is 4.21. The molecule has 3 N–H and O–H groups in total. The van der Waals surface area contributed by atoms with Crippen molar-refractivity contribution in [1.29, 1.82) is 0 Å². The molecule has 1 saturated heterocycles. The first-order valence-electron chi connectivity index (χ1n) is 16.9. The first-order chi connectivity index (χ1) is 24.0. The summed E-state index contributed by atoms with van der Waals surface area (Å²) in [7, 11) is -3.34. The lowest BCUT2D eigenvalue weighted by molar-refractivity contribution is -0.146. The van der Waals surface area contributed by atoms with Gasteiger partial charge in [0.1, 0.15) is 0 Å². The normalized spacial score (nSPS) is 21.8. The summed E-state index contributed by atoms with van der Waals surface area (Å²) in [5, 5.41) is 21.6. The van der Waals surface area contributed by atoms with Crippen LogP contribution in [-0.4, -0.2) is 58.0 Å². The van der Waals surface area contributed by atoms with Gasteiger partial charge in [-0.1, -0.05) is 58.4 Å². The molecule has 0 radical (unpaired) electrons. The minimum atomic E-state index is -3.34. The molecular weight excluding hydrogens is 719 g/mol. The van der Waals surface area contributed by atoms with Crippen LogP contribution in [0.15, 0.2) is 83.6 Å². The van der Waals surface area contributed by atoms with Gasteiger partial charge in [0, 0.05) is 70.1 Å². The third-order valence-electron chi connectivity index (χ3n) is 10.1. The lowest BCUT2D eigenvalue weighted by Crippen LogP contribution is -2.45. The number of ether oxygens (including phenoxy) is 1. The summed E-state index contributed by atoms with van der Waals surface area (Å²) in [4.78, 5) is 32.8. The van der Waals surface area contributed by atoms with Crippen molar-refractivity contribution in [1.82, 2.24) is 20.0 Å². The van der Waals surface area contributed by atoms with Gasteiger partial charge in [-0.25, -0.2) is 0 Å². The van der Waals surface area contributed by atoms with Crippen molar-refractivity contribution in [3.05, 3.63) is 106 Å². The van der Waals surface area contributed by atoms with E-state index in [4.69, 9.17) is 4.74 Å². The van der Waals surface area contributed by atoms with E-state index in [9.17, 15) is 14.7 Å². The van der Waals surface area contributed by atoms with E-state index in [0.29, 0.717) is 30.8 Å². The van der Waals surface area contributed by atoms with E-state index in [1.54, 1.807) is 28.9 Å². The van der Waals surface area contributed by atoms with E-state index in [-0.39, 0.29) is 31.4 Å². The van der Waals surface area contributed by atoms with Crippen molar-refractivity contribution >= 4 is 58.4 Å². The van der Waals surface area contributed by atoms with E-state index < -0.39 is 31.6 Å². The highest BCUT2D eigenvalue weighted by molar-refractivity contribution is 9.10. The van der Waals surface area contributed by atoms with Crippen LogP contribution in [0.1, 0.15) is 35.7 Å². The highest BCUT2D eigenvalue weighted by Crippen LogP contribution is 2.60. The number of amides is 2. The maximum atomic E-state index is 16.3. The summed E-state index contributed by atoms with van der Waals surface area (Å²) in [5.41, 5.74) is 3.69. The molecule has 1 fully saturated rings. The van der Waals surface area contributed by atoms with Crippen molar-refractivity contribution in [2.24, 2.45) is 5.92 Å². The van der Waals surface area contributed by atoms with Crippen molar-refractivity contribution in [2.75, 3.05) is 16.8 Å². The Morgan fingerprint density at radius 3 is 2.78 bits per heavy atom. The minimum Gasteiger partial charge on any atom is -0.396 e. The Labute approximate surface area is 299 Å². The molecule has 0 bridgehead atoms. The summed E-state index contributed by atoms with van der Waals surface area (Å²) in [6, 6.07) is 21.1. The molecule has 2 aliphatic heterocycles. The molecule has 50 heavy (non-hydrogen) atoms. The first-order valence-corrected chi connectivity index (χ1v) is 20.6. The van der Waals surface area contributed by atoms with Crippen LogP contribution in [-0.2, 0) is 45.9 Å². The quantitative estimate of drug-likeness (QED) is 0.102. The number of anilines is 2. The van der Waals surface area contributed by atoms with Crippen LogP contribution >= 0.6 is 15.9 Å². The number of para-hydroxylation sites is 1. The number of aryl methyl sites for hydroxylation is 1. The molecule has 0 aliphatic carbocycles. The van der Waals surface area contributed by atoms with Crippen LogP contribution in [0.25, 0.3) is 10.9 Å². The van der Waals surface area contributed by atoms with E-state index in [2.05, 4.69) is 36.5 Å². The molecule has 0 unspecified atom stereocenters. The number of carbonyl (C=O) groups is 2. The van der Waals surface area contributed by atoms with Crippen molar-refractivity contribution in [3.63, 3.8) is 0 Å². The van der Waals surface area contributed by atoms with E-state index in [1.807, 2.05) is 79.9 Å². The average molecular weight is 760 g/mol. The van der Waals surface area contributed by atoms with Gasteiger partial charge in [0.25, 0.3) is 5.91 Å². The largest absolute Gasteiger partial charge is 0.396 e. The molecule has 3 aromatic carbocycles.